The summed E-state index contributed by atoms with van der Waals surface area (Å²) in [6.07, 6.45) is 2.19. The molecule has 0 saturated carbocycles. The van der Waals surface area contributed by atoms with Crippen LogP contribution in [-0.2, 0) is 27.8 Å². The van der Waals surface area contributed by atoms with Crippen molar-refractivity contribution < 1.29 is 17.9 Å². The van der Waals surface area contributed by atoms with Crippen LogP contribution in [0.1, 0.15) is 48.1 Å². The molecule has 1 amide bonds. The van der Waals surface area contributed by atoms with Gasteiger partial charge in [0.25, 0.3) is 15.9 Å². The van der Waals surface area contributed by atoms with Crippen LogP contribution < -0.4 is 9.46 Å². The van der Waals surface area contributed by atoms with Gasteiger partial charge in [0.05, 0.1) is 18.2 Å². The molecule has 0 saturated heterocycles. The summed E-state index contributed by atoms with van der Waals surface area (Å²) in [6, 6.07) is 21.1. The Bertz CT molecular complexity index is 1440. The van der Waals surface area contributed by atoms with E-state index in [1.54, 1.807) is 37.3 Å². The Kier molecular flexibility index (Phi) is 5.95. The summed E-state index contributed by atoms with van der Waals surface area (Å²) in [5.41, 5.74) is 3.55. The first kappa shape index (κ1) is 22.9. The van der Waals surface area contributed by atoms with Gasteiger partial charge in [0, 0.05) is 11.3 Å². The molecule has 1 N–H and O–H groups in total. The average Bonchev–Trinajstić information content (AvgIpc) is 2.99. The van der Waals surface area contributed by atoms with E-state index in [4.69, 9.17) is 4.74 Å². The molecule has 5 rings (SSSR count). The third-order valence-corrected chi connectivity index (χ3v) is 8.04. The Morgan fingerprint density at radius 1 is 1.06 bits per heavy atom. The molecule has 0 aromatic heterocycles. The third-order valence-electron chi connectivity index (χ3n) is 6.60. The van der Waals surface area contributed by atoms with Crippen molar-refractivity contribution in [1.82, 2.24) is 4.90 Å². The number of sulfonamides is 1. The lowest BCUT2D eigenvalue weighted by Gasteiger charge is -2.35. The van der Waals surface area contributed by atoms with Crippen LogP contribution in [0.5, 0.6) is 5.75 Å². The van der Waals surface area contributed by atoms with Gasteiger partial charge in [-0.15, -0.1) is 0 Å². The summed E-state index contributed by atoms with van der Waals surface area (Å²) in [5.74, 6) is 0.464. The molecule has 0 fully saturated rings. The second-order valence-corrected chi connectivity index (χ2v) is 10.5. The lowest BCUT2D eigenvalue weighted by Crippen LogP contribution is -2.41. The van der Waals surface area contributed by atoms with Gasteiger partial charge in [-0.3, -0.25) is 9.52 Å². The number of amides is 1. The zero-order valence-corrected chi connectivity index (χ0v) is 20.1. The number of hydrogen-bond donors (Lipinski definition) is 1. The molecule has 0 radical (unpaired) electrons. The molecule has 0 spiro atoms. The normalized spacial score (nSPS) is 19.5. The number of aryl methyl sites for hydroxylation is 1. The highest BCUT2D eigenvalue weighted by atomic mass is 32.2. The van der Waals surface area contributed by atoms with Crippen molar-refractivity contribution in [2.75, 3.05) is 4.72 Å². The summed E-state index contributed by atoms with van der Waals surface area (Å²) in [7, 11) is -3.98. The molecule has 1 heterocycles. The van der Waals surface area contributed by atoms with E-state index < -0.39 is 16.1 Å². The van der Waals surface area contributed by atoms with Crippen molar-refractivity contribution in [2.24, 2.45) is 0 Å². The summed E-state index contributed by atoms with van der Waals surface area (Å²) < 4.78 is 34.6. The fourth-order valence-electron chi connectivity index (χ4n) is 4.94. The second kappa shape index (κ2) is 9.08. The van der Waals surface area contributed by atoms with Gasteiger partial charge in [-0.1, -0.05) is 36.4 Å². The van der Waals surface area contributed by atoms with E-state index in [2.05, 4.69) is 16.9 Å². The minimum absolute atomic E-state index is 0.0627. The molecule has 2 unspecified atom stereocenters. The summed E-state index contributed by atoms with van der Waals surface area (Å²) in [5, 5.41) is 9.31. The van der Waals surface area contributed by atoms with E-state index in [0.29, 0.717) is 18.0 Å². The number of nitrogens with one attached hydrogen (secondary N) is 1. The van der Waals surface area contributed by atoms with Gasteiger partial charge in [-0.05, 0) is 67.6 Å². The zero-order valence-electron chi connectivity index (χ0n) is 19.3. The van der Waals surface area contributed by atoms with Gasteiger partial charge in [-0.25, -0.2) is 8.42 Å². The van der Waals surface area contributed by atoms with Crippen molar-refractivity contribution in [2.45, 2.75) is 49.8 Å². The van der Waals surface area contributed by atoms with Crippen molar-refractivity contribution in [3.8, 4) is 11.8 Å². The van der Waals surface area contributed by atoms with Gasteiger partial charge in [0.1, 0.15) is 16.7 Å². The number of benzene rings is 3. The maximum Gasteiger partial charge on any atom is 0.264 e. The topological polar surface area (TPSA) is 99.5 Å². The molecular formula is C27H25N3O4S. The second-order valence-electron chi connectivity index (χ2n) is 8.87. The Morgan fingerprint density at radius 3 is 2.66 bits per heavy atom. The fraction of sp³-hybridized carbons (Fsp3) is 0.259. The summed E-state index contributed by atoms with van der Waals surface area (Å²) in [4.78, 5) is 15.1. The quantitative estimate of drug-likeness (QED) is 0.582. The standard InChI is InChI=1S/C27H25N3O4S/c1-18-27(31)30(24-11-6-9-19-7-2-4-10-23(19)24)17-21-15-22(13-14-25(21)34-18)29-35(32,33)26-12-5-3-8-20(26)16-28/h2-5,7-8,10,12-15,18,24,29H,6,9,11,17H2,1H3. The largest absolute Gasteiger partial charge is 0.481 e. The van der Waals surface area contributed by atoms with E-state index in [-0.39, 0.29) is 22.4 Å². The number of rotatable bonds is 4. The Balaban J connectivity index is 1.48. The highest BCUT2D eigenvalue weighted by molar-refractivity contribution is 7.92. The molecule has 3 aromatic carbocycles. The molecule has 2 aliphatic rings. The van der Waals surface area contributed by atoms with Crippen LogP contribution in [0.15, 0.2) is 71.6 Å². The number of carbonyl (C=O) groups excluding carboxylic acids is 1. The molecular weight excluding hydrogens is 462 g/mol. The van der Waals surface area contributed by atoms with Crippen LogP contribution in [-0.4, -0.2) is 25.3 Å². The monoisotopic (exact) mass is 487 g/mol. The highest BCUT2D eigenvalue weighted by Crippen LogP contribution is 2.39. The first-order chi connectivity index (χ1) is 16.9. The predicted molar refractivity (Wildman–Crippen MR) is 131 cm³/mol. The highest BCUT2D eigenvalue weighted by Gasteiger charge is 2.35. The molecule has 1 aliphatic carbocycles. The summed E-state index contributed by atoms with van der Waals surface area (Å²) >= 11 is 0. The van der Waals surface area contributed by atoms with Gasteiger partial charge in [-0.2, -0.15) is 5.26 Å². The van der Waals surface area contributed by atoms with Gasteiger partial charge in [0.2, 0.25) is 0 Å². The molecule has 3 aromatic rings. The first-order valence-electron chi connectivity index (χ1n) is 11.6. The Labute approximate surface area is 205 Å². The number of ether oxygens (including phenoxy) is 1. The van der Waals surface area contributed by atoms with E-state index in [1.165, 1.54) is 17.7 Å². The fourth-order valence-corrected chi connectivity index (χ4v) is 6.14. The van der Waals surface area contributed by atoms with E-state index in [9.17, 15) is 18.5 Å². The van der Waals surface area contributed by atoms with Crippen molar-refractivity contribution in [3.63, 3.8) is 0 Å². The van der Waals surface area contributed by atoms with Crippen LogP contribution >= 0.6 is 0 Å². The van der Waals surface area contributed by atoms with Gasteiger partial charge < -0.3 is 9.64 Å². The molecule has 8 heteroatoms. The van der Waals surface area contributed by atoms with E-state index in [0.717, 1.165) is 30.4 Å². The van der Waals surface area contributed by atoms with Gasteiger partial charge in [0.15, 0.2) is 6.10 Å². The molecule has 0 bridgehead atoms. The Hall–Kier alpha value is -3.83. The molecule has 2 atom stereocenters. The minimum atomic E-state index is -3.98. The zero-order chi connectivity index (χ0) is 24.6. The lowest BCUT2D eigenvalue weighted by atomic mass is 9.86. The van der Waals surface area contributed by atoms with Crippen LogP contribution in [0.3, 0.4) is 0 Å². The van der Waals surface area contributed by atoms with Crippen LogP contribution in [0.4, 0.5) is 5.69 Å². The van der Waals surface area contributed by atoms with Crippen LogP contribution in [0, 0.1) is 11.3 Å². The molecule has 1 aliphatic heterocycles. The lowest BCUT2D eigenvalue weighted by molar-refractivity contribution is -0.140. The van der Waals surface area contributed by atoms with Crippen molar-refractivity contribution >= 4 is 21.6 Å². The average molecular weight is 488 g/mol. The third kappa shape index (κ3) is 4.35. The Morgan fingerprint density at radius 2 is 1.83 bits per heavy atom. The molecule has 7 nitrogen and oxygen atoms in total. The number of anilines is 1. The van der Waals surface area contributed by atoms with Crippen LogP contribution in [0.2, 0.25) is 0 Å². The number of nitrogens with zero attached hydrogens (tertiary/aromatic N) is 2. The SMILES string of the molecule is CC1Oc2ccc(NS(=O)(=O)c3ccccc3C#N)cc2CN(C2CCCc3ccccc32)C1=O. The predicted octanol–water partition coefficient (Wildman–Crippen LogP) is 4.55. The van der Waals surface area contributed by atoms with Gasteiger partial charge >= 0.3 is 0 Å². The number of fused-ring (bicyclic) bond motifs is 2. The number of carbonyl (C=O) groups is 1. The maximum absolute atomic E-state index is 13.4. The number of hydrogen-bond acceptors (Lipinski definition) is 5. The number of nitriles is 1. The molecule has 178 valence electrons. The smallest absolute Gasteiger partial charge is 0.264 e. The first-order valence-corrected chi connectivity index (χ1v) is 13.1. The molecule has 35 heavy (non-hydrogen) atoms. The van der Waals surface area contributed by atoms with Crippen molar-refractivity contribution in [1.29, 1.82) is 5.26 Å². The van der Waals surface area contributed by atoms with Crippen LogP contribution in [0.25, 0.3) is 0 Å². The van der Waals surface area contributed by atoms with E-state index >= 15 is 0 Å². The summed E-state index contributed by atoms with van der Waals surface area (Å²) in [6.45, 7) is 2.05. The van der Waals surface area contributed by atoms with Crippen molar-refractivity contribution in [3.05, 3.63) is 89.0 Å². The van der Waals surface area contributed by atoms with E-state index in [1.807, 2.05) is 23.1 Å². The maximum atomic E-state index is 13.4. The minimum Gasteiger partial charge on any atom is -0.481 e.